The summed E-state index contributed by atoms with van der Waals surface area (Å²) < 4.78 is 0. The molecule has 0 radical (unpaired) electrons. The van der Waals surface area contributed by atoms with Crippen molar-refractivity contribution in [2.45, 2.75) is 112 Å². The molecular formula is C35H48O2. The molecule has 0 heterocycles. The van der Waals surface area contributed by atoms with Crippen molar-refractivity contribution in [3.8, 4) is 11.5 Å². The Morgan fingerprint density at radius 2 is 1.03 bits per heavy atom. The zero-order valence-electron chi connectivity index (χ0n) is 24.5. The summed E-state index contributed by atoms with van der Waals surface area (Å²) in [6.07, 6.45) is 8.06. The van der Waals surface area contributed by atoms with Crippen molar-refractivity contribution in [3.63, 3.8) is 0 Å². The van der Waals surface area contributed by atoms with E-state index in [9.17, 15) is 10.2 Å². The van der Waals surface area contributed by atoms with Crippen LogP contribution >= 0.6 is 0 Å². The molecule has 2 aromatic rings. The number of aromatic hydroxyl groups is 2. The highest BCUT2D eigenvalue weighted by Crippen LogP contribution is 2.72. The van der Waals surface area contributed by atoms with Gasteiger partial charge in [-0.15, -0.1) is 0 Å². The fourth-order valence-electron chi connectivity index (χ4n) is 10.1. The minimum Gasteiger partial charge on any atom is -0.507 e. The number of benzene rings is 2. The minimum absolute atomic E-state index is 0.225. The Bertz CT molecular complexity index is 1170. The van der Waals surface area contributed by atoms with E-state index in [1.807, 2.05) is 0 Å². The molecule has 0 spiro atoms. The number of hydrogen-bond donors (Lipinski definition) is 2. The van der Waals surface area contributed by atoms with Crippen LogP contribution in [-0.2, 0) is 6.42 Å². The van der Waals surface area contributed by atoms with Crippen LogP contribution in [-0.4, -0.2) is 10.2 Å². The van der Waals surface area contributed by atoms with Gasteiger partial charge < -0.3 is 10.2 Å². The standard InChI is InChI=1S/C35H48O2/c1-20-13-22(30(36)26(15-20)28-18-24-9-11-34(28,7)32(24,3)4)17-23-14-21(2)16-27(31(23)37)29-19-25-10-12-35(29,8)33(25,5)6/h13-16,24-25,28-29,36-37H,9-12,17-19H2,1-8H3. The smallest absolute Gasteiger partial charge is 0.122 e. The SMILES string of the molecule is Cc1cc(Cc2cc(C)cc(C3CC4CCC3(C)C4(C)C)c2O)c(O)c(C2CC3CCC2(C)C3(C)C)c1. The average Bonchev–Trinajstić information content (AvgIpc) is 3.35. The molecule has 2 aromatic carbocycles. The lowest BCUT2D eigenvalue weighted by molar-refractivity contribution is 0.133. The van der Waals surface area contributed by atoms with Crippen LogP contribution in [0.2, 0.25) is 0 Å². The summed E-state index contributed by atoms with van der Waals surface area (Å²) in [5.74, 6) is 3.21. The molecule has 0 amide bonds. The van der Waals surface area contributed by atoms with Crippen LogP contribution in [0.5, 0.6) is 11.5 Å². The van der Waals surface area contributed by atoms with E-state index in [1.54, 1.807) is 0 Å². The van der Waals surface area contributed by atoms with Crippen molar-refractivity contribution < 1.29 is 10.2 Å². The van der Waals surface area contributed by atoms with E-state index in [4.69, 9.17) is 0 Å². The third-order valence-corrected chi connectivity index (χ3v) is 13.4. The van der Waals surface area contributed by atoms with E-state index in [-0.39, 0.29) is 10.8 Å². The normalized spacial score (nSPS) is 37.0. The fraction of sp³-hybridized carbons (Fsp3) is 0.657. The second-order valence-corrected chi connectivity index (χ2v) is 15.2. The summed E-state index contributed by atoms with van der Waals surface area (Å²) >= 11 is 0. The average molecular weight is 501 g/mol. The summed E-state index contributed by atoms with van der Waals surface area (Å²) in [4.78, 5) is 0. The molecular weight excluding hydrogens is 452 g/mol. The number of hydrogen-bond acceptors (Lipinski definition) is 2. The van der Waals surface area contributed by atoms with Crippen LogP contribution in [0.1, 0.15) is 125 Å². The Kier molecular flexibility index (Phi) is 5.34. The molecule has 6 unspecified atom stereocenters. The van der Waals surface area contributed by atoms with Gasteiger partial charge in [0.1, 0.15) is 11.5 Å². The third-order valence-electron chi connectivity index (χ3n) is 13.4. The number of rotatable bonds is 4. The van der Waals surface area contributed by atoms with Gasteiger partial charge in [0.15, 0.2) is 0 Å². The van der Waals surface area contributed by atoms with Gasteiger partial charge in [0, 0.05) is 6.42 Å². The maximum Gasteiger partial charge on any atom is 0.122 e. The maximum absolute atomic E-state index is 11.7. The van der Waals surface area contributed by atoms with E-state index < -0.39 is 0 Å². The molecule has 4 aliphatic rings. The van der Waals surface area contributed by atoms with Crippen LogP contribution in [0, 0.1) is 47.3 Å². The molecule has 2 heteroatoms. The van der Waals surface area contributed by atoms with Crippen molar-refractivity contribution >= 4 is 0 Å². The maximum atomic E-state index is 11.7. The topological polar surface area (TPSA) is 40.5 Å². The van der Waals surface area contributed by atoms with Crippen LogP contribution in [0.15, 0.2) is 24.3 Å². The van der Waals surface area contributed by atoms with Crippen LogP contribution in [0.25, 0.3) is 0 Å². The van der Waals surface area contributed by atoms with Gasteiger partial charge in [-0.05, 0) is 120 Å². The quantitative estimate of drug-likeness (QED) is 0.439. The van der Waals surface area contributed by atoms with Crippen molar-refractivity contribution in [1.82, 2.24) is 0 Å². The first-order valence-corrected chi connectivity index (χ1v) is 14.9. The van der Waals surface area contributed by atoms with E-state index in [1.165, 1.54) is 49.7 Å². The van der Waals surface area contributed by atoms with E-state index >= 15 is 0 Å². The molecule has 2 N–H and O–H groups in total. The van der Waals surface area contributed by atoms with E-state index in [2.05, 4.69) is 79.7 Å². The Morgan fingerprint density at radius 3 is 1.32 bits per heavy atom. The molecule has 0 aromatic heterocycles. The summed E-state index contributed by atoms with van der Waals surface area (Å²) in [7, 11) is 0. The first kappa shape index (κ1) is 25.3. The summed E-state index contributed by atoms with van der Waals surface area (Å²) in [6.45, 7) is 19.0. The Hall–Kier alpha value is -1.96. The number of fused-ring (bicyclic) bond motifs is 4. The minimum atomic E-state index is 0.225. The summed E-state index contributed by atoms with van der Waals surface area (Å²) in [5.41, 5.74) is 7.69. The second kappa shape index (κ2) is 7.80. The lowest BCUT2D eigenvalue weighted by Gasteiger charge is -2.40. The molecule has 4 bridgehead atoms. The molecule has 0 saturated heterocycles. The predicted octanol–water partition coefficient (Wildman–Crippen LogP) is 9.17. The zero-order valence-corrected chi connectivity index (χ0v) is 24.5. The van der Waals surface area contributed by atoms with Crippen molar-refractivity contribution in [3.05, 3.63) is 57.6 Å². The summed E-state index contributed by atoms with van der Waals surface area (Å²) in [5, 5.41) is 23.4. The van der Waals surface area contributed by atoms with Crippen molar-refractivity contribution in [2.75, 3.05) is 0 Å². The van der Waals surface area contributed by atoms with Gasteiger partial charge in [0.25, 0.3) is 0 Å². The fourth-order valence-corrected chi connectivity index (χ4v) is 10.1. The Balaban J connectivity index is 1.38. The second-order valence-electron chi connectivity index (χ2n) is 15.2. The first-order valence-electron chi connectivity index (χ1n) is 14.9. The number of phenols is 2. The number of phenolic OH excluding ortho intramolecular Hbond substituents is 2. The van der Waals surface area contributed by atoms with Gasteiger partial charge in [0.2, 0.25) is 0 Å². The molecule has 6 rings (SSSR count). The first-order chi connectivity index (χ1) is 17.2. The third kappa shape index (κ3) is 3.23. The van der Waals surface area contributed by atoms with Crippen molar-refractivity contribution in [2.24, 2.45) is 33.5 Å². The molecule has 4 aliphatic carbocycles. The Morgan fingerprint density at radius 1 is 0.649 bits per heavy atom. The van der Waals surface area contributed by atoms with Gasteiger partial charge in [0.05, 0.1) is 0 Å². The van der Waals surface area contributed by atoms with Gasteiger partial charge >= 0.3 is 0 Å². The van der Waals surface area contributed by atoms with E-state index in [0.29, 0.717) is 40.6 Å². The van der Waals surface area contributed by atoms with Crippen LogP contribution in [0.4, 0.5) is 0 Å². The van der Waals surface area contributed by atoms with Gasteiger partial charge in [-0.1, -0.05) is 76.9 Å². The molecule has 0 aliphatic heterocycles. The van der Waals surface area contributed by atoms with E-state index in [0.717, 1.165) is 34.1 Å². The highest BCUT2D eigenvalue weighted by molar-refractivity contribution is 5.53. The zero-order chi connectivity index (χ0) is 26.7. The number of aryl methyl sites for hydroxylation is 2. The highest BCUT2D eigenvalue weighted by Gasteiger charge is 2.63. The molecule has 4 saturated carbocycles. The lowest BCUT2D eigenvalue weighted by Crippen LogP contribution is -2.31. The van der Waals surface area contributed by atoms with Gasteiger partial charge in [-0.3, -0.25) is 0 Å². The van der Waals surface area contributed by atoms with Gasteiger partial charge in [-0.2, -0.15) is 0 Å². The summed E-state index contributed by atoms with van der Waals surface area (Å²) in [6, 6.07) is 8.77. The predicted molar refractivity (Wildman–Crippen MR) is 152 cm³/mol. The monoisotopic (exact) mass is 500 g/mol. The highest BCUT2D eigenvalue weighted by atomic mass is 16.3. The largest absolute Gasteiger partial charge is 0.507 e. The molecule has 200 valence electrons. The Labute approximate surface area is 224 Å². The van der Waals surface area contributed by atoms with Crippen LogP contribution in [0.3, 0.4) is 0 Å². The van der Waals surface area contributed by atoms with Gasteiger partial charge in [-0.25, -0.2) is 0 Å². The molecule has 2 nitrogen and oxygen atoms in total. The van der Waals surface area contributed by atoms with Crippen molar-refractivity contribution in [1.29, 1.82) is 0 Å². The molecule has 4 fully saturated rings. The molecule has 6 atom stereocenters. The molecule has 37 heavy (non-hydrogen) atoms. The van der Waals surface area contributed by atoms with Crippen LogP contribution < -0.4 is 0 Å². The lowest BCUT2D eigenvalue weighted by atomic mass is 9.64.